The number of hydrogen-bond acceptors (Lipinski definition) is 3. The summed E-state index contributed by atoms with van der Waals surface area (Å²) in [5.41, 5.74) is -0.0859. The standard InChI is InChI=1S/C17H16F3N3O3/c1-9-13(15(24)23-6-5-11(8-23)16(25)26)22-14(21-9)10-3-2-4-12(7-10)17(18,19)20/h2-4,7,11H,5-6,8H2,1H3,(H,21,22)(H,25,26). The number of aliphatic carboxylic acids is 1. The summed E-state index contributed by atoms with van der Waals surface area (Å²) < 4.78 is 38.6. The molecule has 0 saturated carbocycles. The third-order valence-electron chi connectivity index (χ3n) is 4.38. The molecule has 26 heavy (non-hydrogen) atoms. The minimum atomic E-state index is -4.47. The molecule has 0 aliphatic carbocycles. The molecule has 1 unspecified atom stereocenters. The Morgan fingerprint density at radius 2 is 2.08 bits per heavy atom. The van der Waals surface area contributed by atoms with E-state index in [0.717, 1.165) is 12.1 Å². The van der Waals surface area contributed by atoms with Crippen LogP contribution in [-0.4, -0.2) is 44.9 Å². The van der Waals surface area contributed by atoms with Gasteiger partial charge in [0.1, 0.15) is 11.5 Å². The number of aromatic amines is 1. The number of rotatable bonds is 3. The van der Waals surface area contributed by atoms with Crippen molar-refractivity contribution in [2.75, 3.05) is 13.1 Å². The van der Waals surface area contributed by atoms with Crippen LogP contribution < -0.4 is 0 Å². The second-order valence-corrected chi connectivity index (χ2v) is 6.21. The average molecular weight is 367 g/mol. The normalized spacial score (nSPS) is 17.5. The summed E-state index contributed by atoms with van der Waals surface area (Å²) in [7, 11) is 0. The van der Waals surface area contributed by atoms with Crippen molar-refractivity contribution in [2.24, 2.45) is 5.92 Å². The van der Waals surface area contributed by atoms with Crippen LogP contribution >= 0.6 is 0 Å². The van der Waals surface area contributed by atoms with Crippen LogP contribution in [0.1, 0.15) is 28.2 Å². The fourth-order valence-electron chi connectivity index (χ4n) is 2.94. The van der Waals surface area contributed by atoms with Gasteiger partial charge >= 0.3 is 12.1 Å². The minimum absolute atomic E-state index is 0.0865. The molecule has 2 heterocycles. The van der Waals surface area contributed by atoms with Gasteiger partial charge in [-0.2, -0.15) is 13.2 Å². The van der Waals surface area contributed by atoms with Gasteiger partial charge in [-0.1, -0.05) is 12.1 Å². The van der Waals surface area contributed by atoms with Crippen LogP contribution in [0.5, 0.6) is 0 Å². The summed E-state index contributed by atoms with van der Waals surface area (Å²) in [6.07, 6.45) is -4.11. The number of amides is 1. The van der Waals surface area contributed by atoms with Gasteiger partial charge < -0.3 is 15.0 Å². The van der Waals surface area contributed by atoms with Gasteiger partial charge in [0.15, 0.2) is 0 Å². The van der Waals surface area contributed by atoms with Gasteiger partial charge in [-0.25, -0.2) is 4.98 Å². The Morgan fingerprint density at radius 3 is 2.69 bits per heavy atom. The number of carbonyl (C=O) groups is 2. The first-order valence-corrected chi connectivity index (χ1v) is 7.93. The topological polar surface area (TPSA) is 86.3 Å². The molecule has 0 bridgehead atoms. The molecule has 1 atom stereocenters. The fraction of sp³-hybridized carbons (Fsp3) is 0.353. The number of aryl methyl sites for hydroxylation is 1. The molecule has 1 aromatic heterocycles. The summed E-state index contributed by atoms with van der Waals surface area (Å²) in [4.78, 5) is 32.0. The van der Waals surface area contributed by atoms with Crippen LogP contribution in [0.15, 0.2) is 24.3 Å². The molecule has 2 N–H and O–H groups in total. The highest BCUT2D eigenvalue weighted by molar-refractivity contribution is 5.94. The highest BCUT2D eigenvalue weighted by Crippen LogP contribution is 2.32. The summed E-state index contributed by atoms with van der Waals surface area (Å²) in [5.74, 6) is -1.84. The van der Waals surface area contributed by atoms with Crippen molar-refractivity contribution in [3.05, 3.63) is 41.2 Å². The Labute approximate surface area is 146 Å². The Bertz CT molecular complexity index is 860. The van der Waals surface area contributed by atoms with E-state index in [-0.39, 0.29) is 23.6 Å². The third-order valence-corrected chi connectivity index (χ3v) is 4.38. The van der Waals surface area contributed by atoms with Gasteiger partial charge in [-0.3, -0.25) is 9.59 Å². The van der Waals surface area contributed by atoms with E-state index in [0.29, 0.717) is 18.7 Å². The first-order chi connectivity index (χ1) is 12.2. The van der Waals surface area contributed by atoms with E-state index in [1.54, 1.807) is 6.92 Å². The maximum absolute atomic E-state index is 12.9. The Hall–Kier alpha value is -2.84. The van der Waals surface area contributed by atoms with Crippen molar-refractivity contribution in [2.45, 2.75) is 19.5 Å². The molecule has 0 radical (unpaired) electrons. The number of halogens is 3. The fourth-order valence-corrected chi connectivity index (χ4v) is 2.94. The zero-order chi connectivity index (χ0) is 19.1. The lowest BCUT2D eigenvalue weighted by molar-refractivity contribution is -0.141. The number of benzene rings is 1. The molecule has 3 rings (SSSR count). The number of imidazole rings is 1. The van der Waals surface area contributed by atoms with Crippen LogP contribution in [0.25, 0.3) is 11.4 Å². The molecule has 9 heteroatoms. The highest BCUT2D eigenvalue weighted by Gasteiger charge is 2.33. The van der Waals surface area contributed by atoms with Gasteiger partial charge in [0.05, 0.1) is 11.5 Å². The number of hydrogen-bond donors (Lipinski definition) is 2. The monoisotopic (exact) mass is 367 g/mol. The maximum Gasteiger partial charge on any atom is 0.416 e. The zero-order valence-electron chi connectivity index (χ0n) is 13.8. The predicted octanol–water partition coefficient (Wildman–Crippen LogP) is 2.95. The number of H-pyrrole nitrogens is 1. The second-order valence-electron chi connectivity index (χ2n) is 6.21. The molecule has 6 nitrogen and oxygen atoms in total. The summed E-state index contributed by atoms with van der Waals surface area (Å²) in [5, 5.41) is 9.03. The molecule has 1 aliphatic rings. The van der Waals surface area contributed by atoms with Crippen molar-refractivity contribution in [3.8, 4) is 11.4 Å². The van der Waals surface area contributed by atoms with Gasteiger partial charge in [0.25, 0.3) is 5.91 Å². The van der Waals surface area contributed by atoms with E-state index in [1.807, 2.05) is 0 Å². The summed E-state index contributed by atoms with van der Waals surface area (Å²) in [6.45, 7) is 2.00. The number of carboxylic acid groups (broad SMARTS) is 1. The molecule has 1 fully saturated rings. The van der Waals surface area contributed by atoms with Crippen LogP contribution in [0.4, 0.5) is 13.2 Å². The number of aromatic nitrogens is 2. The molecular weight excluding hydrogens is 351 g/mol. The smallest absolute Gasteiger partial charge is 0.416 e. The van der Waals surface area contributed by atoms with Gasteiger partial charge in [-0.15, -0.1) is 0 Å². The number of likely N-dealkylation sites (tertiary alicyclic amines) is 1. The van der Waals surface area contributed by atoms with Crippen LogP contribution in [0, 0.1) is 12.8 Å². The maximum atomic E-state index is 12.9. The van der Waals surface area contributed by atoms with Crippen LogP contribution in [-0.2, 0) is 11.0 Å². The van der Waals surface area contributed by atoms with Crippen molar-refractivity contribution in [1.29, 1.82) is 0 Å². The van der Waals surface area contributed by atoms with Crippen LogP contribution in [0.2, 0.25) is 0 Å². The lowest BCUT2D eigenvalue weighted by Gasteiger charge is -2.14. The Morgan fingerprint density at radius 1 is 1.35 bits per heavy atom. The Kier molecular flexibility index (Phi) is 4.47. The van der Waals surface area contributed by atoms with Crippen molar-refractivity contribution >= 4 is 11.9 Å². The van der Waals surface area contributed by atoms with Crippen molar-refractivity contribution in [1.82, 2.24) is 14.9 Å². The van der Waals surface area contributed by atoms with E-state index in [9.17, 15) is 22.8 Å². The van der Waals surface area contributed by atoms with Crippen molar-refractivity contribution < 1.29 is 27.9 Å². The molecule has 1 aromatic carbocycles. The van der Waals surface area contributed by atoms with E-state index in [1.165, 1.54) is 17.0 Å². The largest absolute Gasteiger partial charge is 0.481 e. The SMILES string of the molecule is Cc1[nH]c(-c2cccc(C(F)(F)F)c2)nc1C(=O)N1CCC(C(=O)O)C1. The van der Waals surface area contributed by atoms with Crippen molar-refractivity contribution in [3.63, 3.8) is 0 Å². The van der Waals surface area contributed by atoms with E-state index < -0.39 is 29.5 Å². The first-order valence-electron chi connectivity index (χ1n) is 7.93. The quantitative estimate of drug-likeness (QED) is 0.873. The lowest BCUT2D eigenvalue weighted by Crippen LogP contribution is -2.30. The summed E-state index contributed by atoms with van der Waals surface area (Å²) in [6, 6.07) is 4.66. The van der Waals surface area contributed by atoms with Gasteiger partial charge in [-0.05, 0) is 25.5 Å². The second kappa shape index (κ2) is 6.47. The average Bonchev–Trinajstić information content (AvgIpc) is 3.20. The number of carboxylic acids is 1. The molecule has 1 saturated heterocycles. The number of nitrogens with one attached hydrogen (secondary N) is 1. The van der Waals surface area contributed by atoms with Crippen LogP contribution in [0.3, 0.4) is 0 Å². The van der Waals surface area contributed by atoms with E-state index in [2.05, 4.69) is 9.97 Å². The summed E-state index contributed by atoms with van der Waals surface area (Å²) >= 11 is 0. The molecule has 0 spiro atoms. The zero-order valence-corrected chi connectivity index (χ0v) is 13.8. The minimum Gasteiger partial charge on any atom is -0.481 e. The van der Waals surface area contributed by atoms with E-state index >= 15 is 0 Å². The molecular formula is C17H16F3N3O3. The predicted molar refractivity (Wildman–Crippen MR) is 85.4 cm³/mol. The van der Waals surface area contributed by atoms with Gasteiger partial charge in [0.2, 0.25) is 0 Å². The Balaban J connectivity index is 1.86. The molecule has 1 aliphatic heterocycles. The van der Waals surface area contributed by atoms with Gasteiger partial charge in [0, 0.05) is 24.3 Å². The molecule has 2 aromatic rings. The lowest BCUT2D eigenvalue weighted by atomic mass is 10.1. The highest BCUT2D eigenvalue weighted by atomic mass is 19.4. The number of alkyl halides is 3. The molecule has 1 amide bonds. The number of carbonyl (C=O) groups excluding carboxylic acids is 1. The number of nitrogens with zero attached hydrogens (tertiary/aromatic N) is 2. The van der Waals surface area contributed by atoms with E-state index in [4.69, 9.17) is 5.11 Å². The first kappa shape index (κ1) is 18.0. The molecule has 138 valence electrons. The third kappa shape index (κ3) is 3.42.